The van der Waals surface area contributed by atoms with Gasteiger partial charge in [0.2, 0.25) is 0 Å². The number of amides is 1. The number of hydrogen-bond donors (Lipinski definition) is 4. The van der Waals surface area contributed by atoms with Crippen molar-refractivity contribution in [2.75, 3.05) is 28.8 Å². The summed E-state index contributed by atoms with van der Waals surface area (Å²) in [6.45, 7) is 1.42. The van der Waals surface area contributed by atoms with Gasteiger partial charge in [0.05, 0.1) is 16.9 Å². The van der Waals surface area contributed by atoms with Gasteiger partial charge in [-0.15, -0.1) is 5.53 Å². The first-order valence-electron chi connectivity index (χ1n) is 8.54. The van der Waals surface area contributed by atoms with Crippen LogP contribution in [0.3, 0.4) is 0 Å². The number of carbonyl (C=O) groups is 1. The van der Waals surface area contributed by atoms with Crippen molar-refractivity contribution < 1.29 is 4.79 Å². The summed E-state index contributed by atoms with van der Waals surface area (Å²) in [5.74, 6) is 0.364. The molecule has 0 unspecified atom stereocenters. The molecule has 4 rings (SSSR count). The van der Waals surface area contributed by atoms with Gasteiger partial charge in [0, 0.05) is 24.5 Å². The third-order valence-electron chi connectivity index (χ3n) is 4.45. The number of nitrogens with two attached hydrogens (primary N) is 1. The molecule has 1 aromatic heterocycles. The van der Waals surface area contributed by atoms with E-state index in [1.807, 2.05) is 54.5 Å². The zero-order valence-corrected chi connectivity index (χ0v) is 14.5. The zero-order chi connectivity index (χ0) is 18.1. The van der Waals surface area contributed by atoms with E-state index in [1.165, 1.54) is 0 Å². The van der Waals surface area contributed by atoms with Crippen molar-refractivity contribution in [3.63, 3.8) is 0 Å². The molecule has 2 heterocycles. The van der Waals surface area contributed by atoms with Crippen molar-refractivity contribution in [3.8, 4) is 0 Å². The number of anilines is 3. The molecule has 8 heteroatoms. The minimum atomic E-state index is -0.195. The Kier molecular flexibility index (Phi) is 4.19. The second-order valence-electron chi connectivity index (χ2n) is 6.21. The SMILES string of the molecule is Cn1nc(NC(=O)c2ccc3c(c2)NNN3CCCN)c2ccccc21. The maximum Gasteiger partial charge on any atom is 0.256 e. The van der Waals surface area contributed by atoms with Crippen molar-refractivity contribution in [2.24, 2.45) is 12.8 Å². The number of carbonyl (C=O) groups excluding carboxylic acids is 1. The average Bonchev–Trinajstić information content (AvgIpc) is 3.21. The van der Waals surface area contributed by atoms with E-state index in [2.05, 4.69) is 21.4 Å². The molecule has 0 aliphatic carbocycles. The van der Waals surface area contributed by atoms with E-state index in [4.69, 9.17) is 5.73 Å². The molecule has 0 radical (unpaired) electrons. The Bertz CT molecular complexity index is 965. The van der Waals surface area contributed by atoms with E-state index in [1.54, 1.807) is 4.68 Å². The molecule has 3 aromatic rings. The molecular formula is C18H21N7O. The lowest BCUT2D eigenvalue weighted by Crippen LogP contribution is -2.37. The van der Waals surface area contributed by atoms with E-state index in [9.17, 15) is 4.79 Å². The van der Waals surface area contributed by atoms with E-state index < -0.39 is 0 Å². The van der Waals surface area contributed by atoms with Crippen molar-refractivity contribution >= 4 is 34.0 Å². The molecule has 0 spiro atoms. The minimum absolute atomic E-state index is 0.195. The second kappa shape index (κ2) is 6.66. The highest BCUT2D eigenvalue weighted by Crippen LogP contribution is 2.30. The molecule has 8 nitrogen and oxygen atoms in total. The molecule has 0 saturated heterocycles. The van der Waals surface area contributed by atoms with Gasteiger partial charge in [-0.3, -0.25) is 14.5 Å². The lowest BCUT2D eigenvalue weighted by atomic mass is 10.1. The van der Waals surface area contributed by atoms with E-state index in [0.717, 1.165) is 35.2 Å². The predicted molar refractivity (Wildman–Crippen MR) is 103 cm³/mol. The molecule has 0 fully saturated rings. The van der Waals surface area contributed by atoms with Crippen LogP contribution in [-0.2, 0) is 7.05 Å². The topological polar surface area (TPSA) is 100 Å². The lowest BCUT2D eigenvalue weighted by Gasteiger charge is -2.17. The fraction of sp³-hybridized carbons (Fsp3) is 0.222. The largest absolute Gasteiger partial charge is 0.330 e. The normalized spacial score (nSPS) is 12.9. The van der Waals surface area contributed by atoms with E-state index >= 15 is 0 Å². The van der Waals surface area contributed by atoms with Crippen molar-refractivity contribution in [2.45, 2.75) is 6.42 Å². The number of benzene rings is 2. The number of hydrogen-bond acceptors (Lipinski definition) is 6. The van der Waals surface area contributed by atoms with Gasteiger partial charge >= 0.3 is 0 Å². The number of aryl methyl sites for hydroxylation is 1. The molecule has 0 bridgehead atoms. The summed E-state index contributed by atoms with van der Waals surface area (Å²) in [5, 5.41) is 10.2. The second-order valence-corrected chi connectivity index (χ2v) is 6.21. The summed E-state index contributed by atoms with van der Waals surface area (Å²) in [5.41, 5.74) is 15.1. The Morgan fingerprint density at radius 1 is 1.27 bits per heavy atom. The highest BCUT2D eigenvalue weighted by atomic mass is 16.1. The van der Waals surface area contributed by atoms with E-state index in [0.29, 0.717) is 17.9 Å². The summed E-state index contributed by atoms with van der Waals surface area (Å²) < 4.78 is 1.76. The van der Waals surface area contributed by atoms with Gasteiger partial charge in [0.1, 0.15) is 0 Å². The maximum atomic E-state index is 12.7. The number of hydrazine groups is 2. The van der Waals surface area contributed by atoms with Crippen molar-refractivity contribution in [1.29, 1.82) is 0 Å². The predicted octanol–water partition coefficient (Wildman–Crippen LogP) is 1.83. The molecule has 0 atom stereocenters. The highest BCUT2D eigenvalue weighted by molar-refractivity contribution is 6.08. The molecule has 1 aliphatic rings. The Balaban J connectivity index is 1.56. The number of nitrogens with one attached hydrogen (secondary N) is 3. The molecule has 1 aliphatic heterocycles. The van der Waals surface area contributed by atoms with Crippen LogP contribution in [0.5, 0.6) is 0 Å². The first kappa shape index (κ1) is 16.4. The van der Waals surface area contributed by atoms with Crippen LogP contribution in [0, 0.1) is 0 Å². The van der Waals surface area contributed by atoms with Crippen LogP contribution in [0.2, 0.25) is 0 Å². The summed E-state index contributed by atoms with van der Waals surface area (Å²) in [7, 11) is 1.86. The molecule has 26 heavy (non-hydrogen) atoms. The van der Waals surface area contributed by atoms with Crippen LogP contribution in [0.25, 0.3) is 10.9 Å². The van der Waals surface area contributed by atoms with Crippen LogP contribution in [0.1, 0.15) is 16.8 Å². The van der Waals surface area contributed by atoms with Crippen molar-refractivity contribution in [3.05, 3.63) is 48.0 Å². The number of aromatic nitrogens is 2. The first-order valence-corrected chi connectivity index (χ1v) is 8.54. The third-order valence-corrected chi connectivity index (χ3v) is 4.45. The molecule has 5 N–H and O–H groups in total. The number of nitrogens with zero attached hydrogens (tertiary/aromatic N) is 3. The average molecular weight is 351 g/mol. The number of fused-ring (bicyclic) bond motifs is 2. The third kappa shape index (κ3) is 2.85. The minimum Gasteiger partial charge on any atom is -0.330 e. The van der Waals surface area contributed by atoms with Gasteiger partial charge in [-0.1, -0.05) is 12.1 Å². The van der Waals surface area contributed by atoms with Crippen LogP contribution in [0.4, 0.5) is 17.2 Å². The van der Waals surface area contributed by atoms with Gasteiger partial charge < -0.3 is 16.5 Å². The quantitative estimate of drug-likeness (QED) is 0.560. The van der Waals surface area contributed by atoms with Crippen LogP contribution in [-0.4, -0.2) is 28.8 Å². The van der Waals surface area contributed by atoms with E-state index in [-0.39, 0.29) is 5.91 Å². The smallest absolute Gasteiger partial charge is 0.256 e. The summed E-state index contributed by atoms with van der Waals surface area (Å²) in [4.78, 5) is 12.7. The molecule has 2 aromatic carbocycles. The molecule has 1 amide bonds. The van der Waals surface area contributed by atoms with Crippen LogP contribution in [0.15, 0.2) is 42.5 Å². The maximum absolute atomic E-state index is 12.7. The summed E-state index contributed by atoms with van der Waals surface area (Å²) in [6, 6.07) is 13.4. The summed E-state index contributed by atoms with van der Waals surface area (Å²) >= 11 is 0. The number of rotatable bonds is 5. The summed E-state index contributed by atoms with van der Waals surface area (Å²) in [6.07, 6.45) is 0.878. The Labute approximate surface area is 150 Å². The van der Waals surface area contributed by atoms with Gasteiger partial charge in [0.25, 0.3) is 5.91 Å². The fourth-order valence-electron chi connectivity index (χ4n) is 3.11. The molecule has 134 valence electrons. The zero-order valence-electron chi connectivity index (χ0n) is 14.5. The monoisotopic (exact) mass is 351 g/mol. The molecule has 0 saturated carbocycles. The Hall–Kier alpha value is -3.10. The van der Waals surface area contributed by atoms with Gasteiger partial charge in [-0.05, 0) is 43.3 Å². The lowest BCUT2D eigenvalue weighted by molar-refractivity contribution is 0.102. The van der Waals surface area contributed by atoms with Gasteiger partial charge in [0.15, 0.2) is 5.82 Å². The fourth-order valence-corrected chi connectivity index (χ4v) is 3.11. The molecular weight excluding hydrogens is 330 g/mol. The number of para-hydroxylation sites is 1. The highest BCUT2D eigenvalue weighted by Gasteiger charge is 2.20. The van der Waals surface area contributed by atoms with Crippen LogP contribution >= 0.6 is 0 Å². The standard InChI is InChI=1S/C18H21N7O/c1-24-15-6-3-2-5-13(15)17(22-24)20-18(26)12-7-8-16-14(11-12)21-23-25(16)10-4-9-19/h2-3,5-8,11,21,23H,4,9-10,19H2,1H3,(H,20,22,26). The first-order chi connectivity index (χ1) is 12.7. The Morgan fingerprint density at radius 2 is 2.12 bits per heavy atom. The van der Waals surface area contributed by atoms with Gasteiger partial charge in [-0.25, -0.2) is 0 Å². The van der Waals surface area contributed by atoms with Crippen LogP contribution < -0.4 is 27.0 Å². The Morgan fingerprint density at radius 3 is 2.96 bits per heavy atom. The van der Waals surface area contributed by atoms with Gasteiger partial charge in [-0.2, -0.15) is 5.10 Å². The van der Waals surface area contributed by atoms with Crippen molar-refractivity contribution in [1.82, 2.24) is 15.3 Å².